The monoisotopic (exact) mass is 472 g/mol. The number of ether oxygens (including phenoxy) is 3. The summed E-state index contributed by atoms with van der Waals surface area (Å²) in [5.74, 6) is -1.27. The second-order valence-electron chi connectivity index (χ2n) is 12.0. The molecule has 1 aromatic rings. The number of epoxide rings is 1. The predicted octanol–water partition coefficient (Wildman–Crippen LogP) is 3.12. The number of cyclic esters (lactones) is 2. The summed E-state index contributed by atoms with van der Waals surface area (Å²) < 4.78 is 23.2. The molecule has 3 aliphatic heterocycles. The van der Waals surface area contributed by atoms with Crippen LogP contribution >= 0.6 is 0 Å². The molecule has 5 aliphatic rings. The highest BCUT2D eigenvalue weighted by Crippen LogP contribution is 2.78. The van der Waals surface area contributed by atoms with E-state index in [9.17, 15) is 19.5 Å². The number of hydrogen-bond acceptors (Lipinski definition) is 8. The SMILES string of the molecule is CC(C)(O)C1CC(=O)C2(C)C(CCC3(C)C(c4ccoc4)OC(=O)C4OC432)C12CCC(=O)OC2. The van der Waals surface area contributed by atoms with Crippen molar-refractivity contribution in [3.63, 3.8) is 0 Å². The average Bonchev–Trinajstić information content (AvgIpc) is 3.34. The molecule has 3 saturated heterocycles. The van der Waals surface area contributed by atoms with E-state index in [1.807, 2.05) is 6.92 Å². The van der Waals surface area contributed by atoms with Gasteiger partial charge in [0.25, 0.3) is 0 Å². The Hall–Kier alpha value is -2.19. The number of aliphatic hydroxyl groups is 1. The van der Waals surface area contributed by atoms with E-state index in [1.54, 1.807) is 32.4 Å². The molecule has 8 heteroatoms. The van der Waals surface area contributed by atoms with Crippen LogP contribution in [0.4, 0.5) is 0 Å². The zero-order chi connectivity index (χ0) is 24.3. The van der Waals surface area contributed by atoms with Crippen LogP contribution in [0.3, 0.4) is 0 Å². The summed E-state index contributed by atoms with van der Waals surface area (Å²) in [5, 5.41) is 11.2. The summed E-state index contributed by atoms with van der Waals surface area (Å²) in [6.07, 6.45) is 4.02. The van der Waals surface area contributed by atoms with Gasteiger partial charge in [-0.1, -0.05) is 6.92 Å². The smallest absolute Gasteiger partial charge is 0.339 e. The summed E-state index contributed by atoms with van der Waals surface area (Å²) >= 11 is 0. The van der Waals surface area contributed by atoms with Crippen LogP contribution in [0, 0.1) is 28.1 Å². The lowest BCUT2D eigenvalue weighted by molar-refractivity contribution is -0.238. The molecule has 1 aromatic heterocycles. The van der Waals surface area contributed by atoms with E-state index in [2.05, 4.69) is 6.92 Å². The number of furan rings is 1. The minimum atomic E-state index is -1.13. The number of fused-ring (bicyclic) bond motifs is 2. The number of ketones is 1. The van der Waals surface area contributed by atoms with Gasteiger partial charge in [-0.25, -0.2) is 4.79 Å². The molecule has 8 atom stereocenters. The Balaban J connectivity index is 1.52. The van der Waals surface area contributed by atoms with Crippen molar-refractivity contribution in [3.05, 3.63) is 24.2 Å². The van der Waals surface area contributed by atoms with Crippen molar-refractivity contribution < 1.29 is 38.1 Å². The largest absolute Gasteiger partial charge is 0.472 e. The first-order valence-corrected chi connectivity index (χ1v) is 12.2. The molecule has 2 aliphatic carbocycles. The Morgan fingerprint density at radius 1 is 1.12 bits per heavy atom. The summed E-state index contributed by atoms with van der Waals surface area (Å²) in [4.78, 5) is 39.3. The van der Waals surface area contributed by atoms with E-state index in [4.69, 9.17) is 18.6 Å². The van der Waals surface area contributed by atoms with Crippen LogP contribution in [0.25, 0.3) is 0 Å². The molecule has 1 N–H and O–H groups in total. The minimum absolute atomic E-state index is 0.00113. The Morgan fingerprint density at radius 2 is 1.88 bits per heavy atom. The van der Waals surface area contributed by atoms with Crippen molar-refractivity contribution >= 4 is 17.7 Å². The number of rotatable bonds is 2. The topological polar surface area (TPSA) is 116 Å². The molecule has 0 radical (unpaired) electrons. The second kappa shape index (κ2) is 6.52. The number of carbonyl (C=O) groups excluding carboxylic acids is 3. The fraction of sp³-hybridized carbons (Fsp3) is 0.731. The Bertz CT molecular complexity index is 1060. The lowest BCUT2D eigenvalue weighted by Gasteiger charge is -2.66. The maximum atomic E-state index is 14.2. The fourth-order valence-electron chi connectivity index (χ4n) is 8.76. The molecular formula is C26H32O8. The van der Waals surface area contributed by atoms with Crippen LogP contribution in [-0.4, -0.2) is 46.7 Å². The van der Waals surface area contributed by atoms with Crippen molar-refractivity contribution in [1.82, 2.24) is 0 Å². The summed E-state index contributed by atoms with van der Waals surface area (Å²) in [6, 6.07) is 1.79. The van der Waals surface area contributed by atoms with Gasteiger partial charge in [0.15, 0.2) is 6.10 Å². The molecule has 5 fully saturated rings. The lowest BCUT2D eigenvalue weighted by Crippen LogP contribution is -2.72. The zero-order valence-corrected chi connectivity index (χ0v) is 20.1. The third kappa shape index (κ3) is 2.39. The molecule has 0 aromatic carbocycles. The number of esters is 2. The molecule has 2 spiro atoms. The Morgan fingerprint density at radius 3 is 2.50 bits per heavy atom. The van der Waals surface area contributed by atoms with Crippen LogP contribution < -0.4 is 0 Å². The van der Waals surface area contributed by atoms with Gasteiger partial charge in [-0.05, 0) is 52.0 Å². The van der Waals surface area contributed by atoms with E-state index in [1.165, 1.54) is 0 Å². The predicted molar refractivity (Wildman–Crippen MR) is 116 cm³/mol. The lowest BCUT2D eigenvalue weighted by atomic mass is 9.37. The van der Waals surface area contributed by atoms with Gasteiger partial charge in [0.2, 0.25) is 0 Å². The molecule has 6 rings (SSSR count). The molecule has 8 nitrogen and oxygen atoms in total. The van der Waals surface area contributed by atoms with Crippen LogP contribution in [0.1, 0.15) is 71.5 Å². The quantitative estimate of drug-likeness (QED) is 0.516. The van der Waals surface area contributed by atoms with Gasteiger partial charge in [-0.3, -0.25) is 9.59 Å². The first-order chi connectivity index (χ1) is 15.9. The van der Waals surface area contributed by atoms with E-state index in [0.717, 1.165) is 5.56 Å². The second-order valence-corrected chi connectivity index (χ2v) is 12.0. The van der Waals surface area contributed by atoms with Gasteiger partial charge < -0.3 is 23.7 Å². The standard InChI is InChI=1S/C26H32O8/c1-22(2,30)16-11-17(27)24(4)15(25(16)9-6-18(28)32-13-25)5-8-23(3)19(14-7-10-31-12-14)33-21(29)20-26(23,24)34-20/h7,10,12,15-16,19-20,30H,5-6,8-9,11,13H2,1-4H3. The number of hydrogen-bond donors (Lipinski definition) is 1. The van der Waals surface area contributed by atoms with Crippen LogP contribution in [-0.2, 0) is 28.6 Å². The van der Waals surface area contributed by atoms with Gasteiger partial charge in [-0.2, -0.15) is 0 Å². The molecule has 2 saturated carbocycles. The zero-order valence-electron chi connectivity index (χ0n) is 20.1. The third-order valence-corrected chi connectivity index (χ3v) is 10.3. The van der Waals surface area contributed by atoms with Crippen LogP contribution in [0.5, 0.6) is 0 Å². The van der Waals surface area contributed by atoms with E-state index >= 15 is 0 Å². The van der Waals surface area contributed by atoms with Crippen molar-refractivity contribution in [3.8, 4) is 0 Å². The molecule has 34 heavy (non-hydrogen) atoms. The first kappa shape index (κ1) is 22.3. The highest BCUT2D eigenvalue weighted by atomic mass is 16.7. The Labute approximate surface area is 198 Å². The van der Waals surface area contributed by atoms with E-state index < -0.39 is 45.6 Å². The molecule has 0 bridgehead atoms. The normalized spacial score (nSPS) is 47.9. The van der Waals surface area contributed by atoms with Gasteiger partial charge in [0, 0.05) is 35.2 Å². The molecule has 8 unspecified atom stereocenters. The molecule has 0 amide bonds. The molecule has 4 heterocycles. The first-order valence-electron chi connectivity index (χ1n) is 12.2. The van der Waals surface area contributed by atoms with E-state index in [-0.39, 0.29) is 43.0 Å². The summed E-state index contributed by atoms with van der Waals surface area (Å²) in [5.41, 5.74) is -3.59. The number of Topliss-reactive ketones (excluding diaryl/α,β-unsaturated/α-hetero) is 1. The average molecular weight is 473 g/mol. The maximum absolute atomic E-state index is 14.2. The molecule has 184 valence electrons. The minimum Gasteiger partial charge on any atom is -0.472 e. The van der Waals surface area contributed by atoms with Crippen molar-refractivity contribution in [2.24, 2.45) is 28.1 Å². The van der Waals surface area contributed by atoms with Crippen molar-refractivity contribution in [1.29, 1.82) is 0 Å². The summed E-state index contributed by atoms with van der Waals surface area (Å²) in [6.45, 7) is 7.64. The van der Waals surface area contributed by atoms with Gasteiger partial charge >= 0.3 is 11.9 Å². The maximum Gasteiger partial charge on any atom is 0.339 e. The summed E-state index contributed by atoms with van der Waals surface area (Å²) in [7, 11) is 0. The van der Waals surface area contributed by atoms with Crippen LogP contribution in [0.2, 0.25) is 0 Å². The highest BCUT2D eigenvalue weighted by Gasteiger charge is 2.88. The van der Waals surface area contributed by atoms with Crippen LogP contribution in [0.15, 0.2) is 23.0 Å². The Kier molecular flexibility index (Phi) is 4.27. The number of carbonyl (C=O) groups is 3. The van der Waals surface area contributed by atoms with Crippen molar-refractivity contribution in [2.45, 2.75) is 83.2 Å². The van der Waals surface area contributed by atoms with Gasteiger partial charge in [0.05, 0.1) is 30.1 Å². The van der Waals surface area contributed by atoms with Gasteiger partial charge in [-0.15, -0.1) is 0 Å². The van der Waals surface area contributed by atoms with Gasteiger partial charge in [0.1, 0.15) is 17.5 Å². The fourth-order valence-corrected chi connectivity index (χ4v) is 8.76. The van der Waals surface area contributed by atoms with Crippen molar-refractivity contribution in [2.75, 3.05) is 6.61 Å². The highest BCUT2D eigenvalue weighted by molar-refractivity contribution is 5.93. The van der Waals surface area contributed by atoms with E-state index in [0.29, 0.717) is 19.3 Å². The molecular weight excluding hydrogens is 440 g/mol. The third-order valence-electron chi connectivity index (χ3n) is 10.3.